The minimum absolute atomic E-state index is 0.136. The van der Waals surface area contributed by atoms with Gasteiger partial charge in [0.1, 0.15) is 5.60 Å². The Labute approximate surface area is 133 Å². The van der Waals surface area contributed by atoms with Crippen molar-refractivity contribution < 1.29 is 19.4 Å². The molecule has 0 bridgehead atoms. The van der Waals surface area contributed by atoms with Gasteiger partial charge in [0.15, 0.2) is 0 Å². The molecule has 5 nitrogen and oxygen atoms in total. The molecular formula is C17H31NO4. The number of ether oxygens (including phenoxy) is 1. The largest absolute Gasteiger partial charge is 0.481 e. The molecule has 1 amide bonds. The van der Waals surface area contributed by atoms with Gasteiger partial charge >= 0.3 is 12.1 Å². The lowest BCUT2D eigenvalue weighted by Crippen LogP contribution is -2.57. The number of carboxylic acids is 1. The van der Waals surface area contributed by atoms with Gasteiger partial charge in [0.05, 0.1) is 5.41 Å². The average molecular weight is 313 g/mol. The Balaban J connectivity index is 2.65. The predicted molar refractivity (Wildman–Crippen MR) is 85.8 cm³/mol. The summed E-state index contributed by atoms with van der Waals surface area (Å²) in [6, 6.07) is 0. The van der Waals surface area contributed by atoms with Crippen LogP contribution in [-0.2, 0) is 9.53 Å². The molecule has 0 radical (unpaired) electrons. The Bertz CT molecular complexity index is 397. The number of rotatable bonds is 7. The molecule has 2 N–H and O–H groups in total. The molecule has 0 heterocycles. The SMILES string of the molecule is CCCC1(CCC)CC(CNC(=O)OC(C)(C)C)(C(=O)O)C1. The van der Waals surface area contributed by atoms with Gasteiger partial charge in [-0.05, 0) is 51.9 Å². The summed E-state index contributed by atoms with van der Waals surface area (Å²) in [6.45, 7) is 9.78. The first kappa shape index (κ1) is 18.8. The number of nitrogens with one attached hydrogen (secondary N) is 1. The van der Waals surface area contributed by atoms with Crippen LogP contribution in [-0.4, -0.2) is 29.3 Å². The molecule has 1 saturated carbocycles. The highest BCUT2D eigenvalue weighted by molar-refractivity contribution is 5.78. The average Bonchev–Trinajstić information content (AvgIpc) is 2.31. The smallest absolute Gasteiger partial charge is 0.407 e. The van der Waals surface area contributed by atoms with Crippen LogP contribution in [0.25, 0.3) is 0 Å². The molecule has 0 aliphatic heterocycles. The van der Waals surface area contributed by atoms with E-state index in [1.165, 1.54) is 0 Å². The zero-order valence-corrected chi connectivity index (χ0v) is 14.6. The van der Waals surface area contributed by atoms with Crippen LogP contribution in [0, 0.1) is 10.8 Å². The van der Waals surface area contributed by atoms with Gasteiger partial charge in [-0.15, -0.1) is 0 Å². The number of carbonyl (C=O) groups excluding carboxylic acids is 1. The van der Waals surface area contributed by atoms with Crippen molar-refractivity contribution >= 4 is 12.1 Å². The van der Waals surface area contributed by atoms with E-state index >= 15 is 0 Å². The molecule has 1 aliphatic carbocycles. The fourth-order valence-corrected chi connectivity index (χ4v) is 3.83. The summed E-state index contributed by atoms with van der Waals surface area (Å²) in [7, 11) is 0. The summed E-state index contributed by atoms with van der Waals surface area (Å²) in [4.78, 5) is 23.5. The van der Waals surface area contributed by atoms with Crippen LogP contribution < -0.4 is 5.32 Å². The maximum Gasteiger partial charge on any atom is 0.407 e. The highest BCUT2D eigenvalue weighted by Crippen LogP contribution is 2.59. The topological polar surface area (TPSA) is 75.6 Å². The molecule has 0 spiro atoms. The molecule has 0 aromatic heterocycles. The molecule has 1 rings (SSSR count). The first-order valence-electron chi connectivity index (χ1n) is 8.28. The van der Waals surface area contributed by atoms with Crippen molar-refractivity contribution in [2.24, 2.45) is 10.8 Å². The van der Waals surface area contributed by atoms with E-state index in [4.69, 9.17) is 4.74 Å². The monoisotopic (exact) mass is 313 g/mol. The first-order valence-corrected chi connectivity index (χ1v) is 8.28. The van der Waals surface area contributed by atoms with Crippen molar-refractivity contribution in [2.75, 3.05) is 6.54 Å². The normalized spacial score (nSPS) is 19.1. The second-order valence-electron chi connectivity index (χ2n) is 7.79. The van der Waals surface area contributed by atoms with Crippen LogP contribution >= 0.6 is 0 Å². The molecule has 0 aromatic carbocycles. The fourth-order valence-electron chi connectivity index (χ4n) is 3.83. The molecule has 128 valence electrons. The van der Waals surface area contributed by atoms with Crippen molar-refractivity contribution in [3.63, 3.8) is 0 Å². The summed E-state index contributed by atoms with van der Waals surface area (Å²) in [6.07, 6.45) is 4.99. The van der Waals surface area contributed by atoms with Gasteiger partial charge in [-0.25, -0.2) is 4.79 Å². The Morgan fingerprint density at radius 1 is 1.14 bits per heavy atom. The van der Waals surface area contributed by atoms with Crippen LogP contribution in [0.2, 0.25) is 0 Å². The Kier molecular flexibility index (Phi) is 5.88. The highest BCUT2D eigenvalue weighted by atomic mass is 16.6. The minimum Gasteiger partial charge on any atom is -0.481 e. The third-order valence-electron chi connectivity index (χ3n) is 4.41. The highest BCUT2D eigenvalue weighted by Gasteiger charge is 2.57. The Hall–Kier alpha value is -1.26. The quantitative estimate of drug-likeness (QED) is 0.746. The van der Waals surface area contributed by atoms with Gasteiger partial charge in [-0.3, -0.25) is 4.79 Å². The fraction of sp³-hybridized carbons (Fsp3) is 0.882. The van der Waals surface area contributed by atoms with Crippen LogP contribution in [0.4, 0.5) is 4.79 Å². The van der Waals surface area contributed by atoms with Crippen LogP contribution in [0.3, 0.4) is 0 Å². The third-order valence-corrected chi connectivity index (χ3v) is 4.41. The number of amides is 1. The van der Waals surface area contributed by atoms with E-state index in [2.05, 4.69) is 19.2 Å². The molecule has 22 heavy (non-hydrogen) atoms. The molecule has 1 fully saturated rings. The van der Waals surface area contributed by atoms with E-state index in [0.717, 1.165) is 25.7 Å². The van der Waals surface area contributed by atoms with Crippen LogP contribution in [0.1, 0.15) is 73.1 Å². The lowest BCUT2D eigenvalue weighted by atomic mass is 9.50. The van der Waals surface area contributed by atoms with Crippen LogP contribution in [0.5, 0.6) is 0 Å². The predicted octanol–water partition coefficient (Wildman–Crippen LogP) is 3.96. The standard InChI is InChI=1S/C17H31NO4/c1-6-8-16(9-7-2)10-17(11-16,13(19)20)12-18-14(21)22-15(3,4)5/h6-12H2,1-5H3,(H,18,21)(H,19,20). The second kappa shape index (κ2) is 6.88. The second-order valence-corrected chi connectivity index (χ2v) is 7.79. The van der Waals surface area contributed by atoms with Gasteiger partial charge in [0, 0.05) is 6.54 Å². The molecule has 0 aromatic rings. The molecule has 0 unspecified atom stereocenters. The Morgan fingerprint density at radius 2 is 1.64 bits per heavy atom. The van der Waals surface area contributed by atoms with Crippen LogP contribution in [0.15, 0.2) is 0 Å². The van der Waals surface area contributed by atoms with Gasteiger partial charge in [-0.2, -0.15) is 0 Å². The van der Waals surface area contributed by atoms with E-state index in [9.17, 15) is 14.7 Å². The number of hydrogen-bond acceptors (Lipinski definition) is 3. The molecule has 1 aliphatic rings. The molecule has 0 saturated heterocycles. The summed E-state index contributed by atoms with van der Waals surface area (Å²) in [5.74, 6) is -0.814. The third kappa shape index (κ3) is 4.62. The number of carbonyl (C=O) groups is 2. The lowest BCUT2D eigenvalue weighted by Gasteiger charge is -2.54. The van der Waals surface area contributed by atoms with E-state index < -0.39 is 23.1 Å². The van der Waals surface area contributed by atoms with E-state index in [1.807, 2.05) is 0 Å². The summed E-state index contributed by atoms with van der Waals surface area (Å²) < 4.78 is 5.19. The van der Waals surface area contributed by atoms with Crippen molar-refractivity contribution in [3.8, 4) is 0 Å². The maximum absolute atomic E-state index is 11.8. The first-order chi connectivity index (χ1) is 10.1. The van der Waals surface area contributed by atoms with Gasteiger partial charge in [0.2, 0.25) is 0 Å². The number of carboxylic acid groups (broad SMARTS) is 1. The maximum atomic E-state index is 11.8. The van der Waals surface area contributed by atoms with Gasteiger partial charge in [-0.1, -0.05) is 26.7 Å². The summed E-state index contributed by atoms with van der Waals surface area (Å²) in [5.41, 5.74) is -1.27. The summed E-state index contributed by atoms with van der Waals surface area (Å²) in [5, 5.41) is 12.2. The number of hydrogen-bond donors (Lipinski definition) is 2. The molecule has 0 atom stereocenters. The number of aliphatic carboxylic acids is 1. The molecular weight excluding hydrogens is 282 g/mol. The van der Waals surface area contributed by atoms with Crippen molar-refractivity contribution in [2.45, 2.75) is 78.7 Å². The van der Waals surface area contributed by atoms with Gasteiger partial charge in [0.25, 0.3) is 0 Å². The van der Waals surface area contributed by atoms with E-state index in [0.29, 0.717) is 12.8 Å². The van der Waals surface area contributed by atoms with Gasteiger partial charge < -0.3 is 15.2 Å². The summed E-state index contributed by atoms with van der Waals surface area (Å²) >= 11 is 0. The lowest BCUT2D eigenvalue weighted by molar-refractivity contribution is -0.167. The van der Waals surface area contributed by atoms with E-state index in [1.54, 1.807) is 20.8 Å². The number of alkyl carbamates (subject to hydrolysis) is 1. The minimum atomic E-state index is -0.832. The van der Waals surface area contributed by atoms with Crippen molar-refractivity contribution in [1.82, 2.24) is 5.32 Å². The molecule has 5 heteroatoms. The van der Waals surface area contributed by atoms with E-state index in [-0.39, 0.29) is 12.0 Å². The van der Waals surface area contributed by atoms with Crippen molar-refractivity contribution in [3.05, 3.63) is 0 Å². The Morgan fingerprint density at radius 3 is 2.00 bits per heavy atom. The zero-order valence-electron chi connectivity index (χ0n) is 14.6. The zero-order chi connectivity index (χ0) is 17.0. The van der Waals surface area contributed by atoms with Crippen molar-refractivity contribution in [1.29, 1.82) is 0 Å².